The van der Waals surface area contributed by atoms with Crippen LogP contribution in [-0.4, -0.2) is 94.9 Å². The van der Waals surface area contributed by atoms with Crippen molar-refractivity contribution >= 4 is 63.5 Å². The van der Waals surface area contributed by atoms with Crippen LogP contribution in [0.5, 0.6) is 0 Å². The van der Waals surface area contributed by atoms with E-state index in [4.69, 9.17) is 9.29 Å². The normalized spacial score (nSPS) is 21.0. The van der Waals surface area contributed by atoms with Gasteiger partial charge in [-0.3, -0.25) is 9.35 Å². The molecule has 2 N–H and O–H groups in total. The van der Waals surface area contributed by atoms with Crippen LogP contribution in [0.4, 0.5) is 10.5 Å². The maximum absolute atomic E-state index is 12.4. The molecule has 2 atom stereocenters. The van der Waals surface area contributed by atoms with E-state index in [9.17, 15) is 22.8 Å². The summed E-state index contributed by atoms with van der Waals surface area (Å²) in [6.45, 7) is 2.06. The Bertz CT molecular complexity index is 876. The van der Waals surface area contributed by atoms with Crippen molar-refractivity contribution in [3.63, 3.8) is 0 Å². The summed E-state index contributed by atoms with van der Waals surface area (Å²) in [5, 5.41) is 2.58. The number of rotatable bonds is 4. The fourth-order valence-corrected chi connectivity index (χ4v) is 4.08. The standard InChI is InChI=1S/C15H17N3O7S.Na.H/c1-2-25-14(20)9-4-3-5-10(8-9)16-15(21)17-7-6-11-12(17)13(19)18(11)26(22,23)24;;/h3-5,8,11-12H,2,6-7H2,1H3,(H,16,21)(H,22,23,24);;/t11-,12+;;/m1../s1. The van der Waals surface area contributed by atoms with Crippen molar-refractivity contribution in [3.8, 4) is 0 Å². The van der Waals surface area contributed by atoms with Crippen molar-refractivity contribution in [2.45, 2.75) is 25.4 Å². The summed E-state index contributed by atoms with van der Waals surface area (Å²) < 4.78 is 36.7. The van der Waals surface area contributed by atoms with Gasteiger partial charge in [0, 0.05) is 12.2 Å². The van der Waals surface area contributed by atoms with Gasteiger partial charge in [0.15, 0.2) is 0 Å². The Morgan fingerprint density at radius 1 is 1.37 bits per heavy atom. The molecule has 0 aromatic heterocycles. The molecular weight excluding hydrogens is 389 g/mol. The third-order valence-electron chi connectivity index (χ3n) is 4.27. The molecule has 2 aliphatic rings. The summed E-state index contributed by atoms with van der Waals surface area (Å²) in [6.07, 6.45) is 0.243. The Labute approximate surface area is 178 Å². The first-order valence-electron chi connectivity index (χ1n) is 7.89. The number of benzene rings is 1. The molecule has 1 aromatic rings. The Morgan fingerprint density at radius 2 is 2.07 bits per heavy atom. The van der Waals surface area contributed by atoms with E-state index >= 15 is 0 Å². The summed E-state index contributed by atoms with van der Waals surface area (Å²) in [5.41, 5.74) is 0.601. The van der Waals surface area contributed by atoms with Crippen molar-refractivity contribution < 1.29 is 32.1 Å². The number of carbonyl (C=O) groups excluding carboxylic acids is 3. The molecule has 2 fully saturated rings. The molecule has 0 spiro atoms. The van der Waals surface area contributed by atoms with Crippen LogP contribution in [0.3, 0.4) is 0 Å². The predicted molar refractivity (Wildman–Crippen MR) is 95.9 cm³/mol. The summed E-state index contributed by atoms with van der Waals surface area (Å²) in [6, 6.07) is 3.85. The molecule has 0 aliphatic carbocycles. The van der Waals surface area contributed by atoms with Crippen LogP contribution in [0.1, 0.15) is 23.7 Å². The molecular formula is C15H18N3NaO7S. The van der Waals surface area contributed by atoms with Crippen molar-refractivity contribution in [2.75, 3.05) is 18.5 Å². The number of ether oxygens (including phenoxy) is 1. The molecule has 1 aromatic carbocycles. The van der Waals surface area contributed by atoms with Crippen LogP contribution in [0.2, 0.25) is 0 Å². The maximum atomic E-state index is 12.4. The van der Waals surface area contributed by atoms with Gasteiger partial charge in [0.2, 0.25) is 0 Å². The van der Waals surface area contributed by atoms with Gasteiger partial charge >= 0.3 is 51.9 Å². The van der Waals surface area contributed by atoms with E-state index in [-0.39, 0.29) is 54.7 Å². The van der Waals surface area contributed by atoms with Crippen LogP contribution >= 0.6 is 0 Å². The molecule has 12 heteroatoms. The van der Waals surface area contributed by atoms with E-state index in [1.54, 1.807) is 25.1 Å². The van der Waals surface area contributed by atoms with Crippen LogP contribution in [0, 0.1) is 0 Å². The Kier molecular flexibility index (Phi) is 6.53. The van der Waals surface area contributed by atoms with Crippen molar-refractivity contribution in [2.24, 2.45) is 0 Å². The molecule has 0 saturated carbocycles. The number of β-lactam (4-membered cyclic amide) rings is 1. The number of esters is 1. The van der Waals surface area contributed by atoms with Gasteiger partial charge in [-0.2, -0.15) is 8.42 Å². The van der Waals surface area contributed by atoms with Crippen molar-refractivity contribution in [1.82, 2.24) is 9.21 Å². The van der Waals surface area contributed by atoms with Crippen molar-refractivity contribution in [1.29, 1.82) is 0 Å². The van der Waals surface area contributed by atoms with Gasteiger partial charge in [0.05, 0.1) is 18.2 Å². The number of nitrogens with zero attached hydrogens (tertiary/aromatic N) is 2. The predicted octanol–water partition coefficient (Wildman–Crippen LogP) is -0.165. The molecule has 3 amide bonds. The summed E-state index contributed by atoms with van der Waals surface area (Å²) in [5.74, 6) is -1.37. The number of fused-ring (bicyclic) bond motifs is 1. The van der Waals surface area contributed by atoms with Crippen LogP contribution < -0.4 is 5.32 Å². The third kappa shape index (κ3) is 4.11. The van der Waals surface area contributed by atoms with Gasteiger partial charge in [0.25, 0.3) is 5.91 Å². The first kappa shape index (κ1) is 21.6. The molecule has 0 radical (unpaired) electrons. The van der Waals surface area contributed by atoms with E-state index in [1.807, 2.05) is 0 Å². The molecule has 0 bridgehead atoms. The minimum atomic E-state index is -4.62. The number of nitrogens with one attached hydrogen (secondary N) is 1. The van der Waals surface area contributed by atoms with E-state index in [0.717, 1.165) is 0 Å². The van der Waals surface area contributed by atoms with Gasteiger partial charge in [-0.1, -0.05) is 6.07 Å². The van der Waals surface area contributed by atoms with Gasteiger partial charge in [-0.05, 0) is 31.5 Å². The van der Waals surface area contributed by atoms with Gasteiger partial charge in [-0.15, -0.1) is 0 Å². The molecule has 142 valence electrons. The molecule has 10 nitrogen and oxygen atoms in total. The zero-order valence-corrected chi connectivity index (χ0v) is 14.6. The summed E-state index contributed by atoms with van der Waals surface area (Å²) >= 11 is 0. The summed E-state index contributed by atoms with van der Waals surface area (Å²) in [7, 11) is -4.62. The molecule has 2 saturated heterocycles. The molecule has 0 unspecified atom stereocenters. The second kappa shape index (κ2) is 8.15. The number of hydrogen-bond donors (Lipinski definition) is 2. The molecule has 27 heavy (non-hydrogen) atoms. The first-order valence-corrected chi connectivity index (χ1v) is 9.29. The van der Waals surface area contributed by atoms with Gasteiger partial charge in [-0.25, -0.2) is 13.9 Å². The third-order valence-corrected chi connectivity index (χ3v) is 5.22. The van der Waals surface area contributed by atoms with Crippen LogP contribution in [0.15, 0.2) is 24.3 Å². The molecule has 3 rings (SSSR count). The Balaban J connectivity index is 0.00000261. The zero-order valence-electron chi connectivity index (χ0n) is 13.8. The van der Waals surface area contributed by atoms with Crippen molar-refractivity contribution in [3.05, 3.63) is 29.8 Å². The first-order chi connectivity index (χ1) is 12.2. The number of amides is 3. The Hall–Kier alpha value is -1.66. The second-order valence-corrected chi connectivity index (χ2v) is 7.13. The molecule has 2 heterocycles. The number of anilines is 1. The zero-order chi connectivity index (χ0) is 19.1. The number of carbonyl (C=O) groups is 3. The van der Waals surface area contributed by atoms with Gasteiger partial charge in [0.1, 0.15) is 6.04 Å². The quantitative estimate of drug-likeness (QED) is 0.306. The number of urea groups is 1. The fraction of sp³-hybridized carbons (Fsp3) is 0.400. The summed E-state index contributed by atoms with van der Waals surface area (Å²) in [4.78, 5) is 37.4. The fourth-order valence-electron chi connectivity index (χ4n) is 3.18. The van der Waals surface area contributed by atoms with Crippen LogP contribution in [-0.2, 0) is 19.8 Å². The van der Waals surface area contributed by atoms with E-state index in [0.29, 0.717) is 9.99 Å². The van der Waals surface area contributed by atoms with Crippen LogP contribution in [0.25, 0.3) is 0 Å². The van der Waals surface area contributed by atoms with E-state index in [2.05, 4.69) is 5.32 Å². The Morgan fingerprint density at radius 3 is 2.70 bits per heavy atom. The van der Waals surface area contributed by atoms with Gasteiger partial charge < -0.3 is 15.0 Å². The SMILES string of the molecule is CCOC(=O)c1cccc(NC(=O)N2CC[C@@H]3[C@H]2C(=O)N3S(=O)(=O)O)c1.[NaH]. The molecule has 2 aliphatic heterocycles. The van der Waals surface area contributed by atoms with E-state index < -0.39 is 40.3 Å². The second-order valence-electron chi connectivity index (χ2n) is 5.84. The monoisotopic (exact) mass is 407 g/mol. The topological polar surface area (TPSA) is 133 Å². The number of hydrogen-bond acceptors (Lipinski definition) is 6. The average Bonchev–Trinajstić information content (AvgIpc) is 2.92. The van der Waals surface area contributed by atoms with E-state index in [1.165, 1.54) is 11.0 Å². The average molecular weight is 407 g/mol. The minimum absolute atomic E-state index is 0. The number of likely N-dealkylation sites (tertiary alicyclic amines) is 1.